The van der Waals surface area contributed by atoms with Gasteiger partial charge in [-0.05, 0) is 29.8 Å². The summed E-state index contributed by atoms with van der Waals surface area (Å²) in [6.07, 6.45) is 0. The summed E-state index contributed by atoms with van der Waals surface area (Å²) in [4.78, 5) is 12.3. The van der Waals surface area contributed by atoms with Crippen LogP contribution >= 0.6 is 35.0 Å². The molecule has 0 unspecified atom stereocenters. The zero-order valence-corrected chi connectivity index (χ0v) is 13.1. The van der Waals surface area contributed by atoms with E-state index in [1.807, 2.05) is 24.3 Å². The van der Waals surface area contributed by atoms with Crippen molar-refractivity contribution in [2.45, 2.75) is 5.75 Å². The van der Waals surface area contributed by atoms with Crippen molar-refractivity contribution in [1.82, 2.24) is 0 Å². The maximum atomic E-state index is 12.3. The van der Waals surface area contributed by atoms with E-state index in [-0.39, 0.29) is 5.78 Å². The number of carbonyl (C=O) groups excluding carboxylic acids is 1. The van der Waals surface area contributed by atoms with E-state index in [0.29, 0.717) is 22.0 Å². The lowest BCUT2D eigenvalue weighted by molar-refractivity contribution is 0.103. The first-order valence-electron chi connectivity index (χ1n) is 6.23. The normalized spacial score (nSPS) is 10.5. The molecular formula is C16H14Cl2OS. The first-order chi connectivity index (χ1) is 9.70. The van der Waals surface area contributed by atoms with Gasteiger partial charge < -0.3 is 0 Å². The van der Waals surface area contributed by atoms with Gasteiger partial charge >= 0.3 is 0 Å². The van der Waals surface area contributed by atoms with Crippen LogP contribution in [0.3, 0.4) is 0 Å². The lowest BCUT2D eigenvalue weighted by atomic mass is 10.0. The molecule has 2 aromatic carbocycles. The Bertz CT molecular complexity index is 564. The van der Waals surface area contributed by atoms with Crippen LogP contribution in [0, 0.1) is 0 Å². The van der Waals surface area contributed by atoms with Crippen molar-refractivity contribution in [2.24, 2.45) is 0 Å². The number of carbonyl (C=O) groups is 1. The summed E-state index contributed by atoms with van der Waals surface area (Å²) < 4.78 is 0. The fourth-order valence-corrected chi connectivity index (χ4v) is 2.90. The van der Waals surface area contributed by atoms with Gasteiger partial charge in [0, 0.05) is 33.5 Å². The highest BCUT2D eigenvalue weighted by atomic mass is 35.5. The highest BCUT2D eigenvalue weighted by molar-refractivity contribution is 7.98. The van der Waals surface area contributed by atoms with Crippen molar-refractivity contribution in [3.05, 3.63) is 70.2 Å². The molecule has 0 aliphatic heterocycles. The molecule has 0 heterocycles. The third-order valence-electron chi connectivity index (χ3n) is 2.81. The van der Waals surface area contributed by atoms with Gasteiger partial charge in [0.15, 0.2) is 5.78 Å². The summed E-state index contributed by atoms with van der Waals surface area (Å²) in [5, 5.41) is 0.633. The largest absolute Gasteiger partial charge is 0.289 e. The van der Waals surface area contributed by atoms with Crippen LogP contribution in [0.25, 0.3) is 0 Å². The number of alkyl halides is 1. The van der Waals surface area contributed by atoms with Crippen LogP contribution in [-0.2, 0) is 5.75 Å². The Morgan fingerprint density at radius 2 is 1.50 bits per heavy atom. The van der Waals surface area contributed by atoms with Crippen molar-refractivity contribution >= 4 is 40.7 Å². The van der Waals surface area contributed by atoms with Gasteiger partial charge in [0.05, 0.1) is 0 Å². The highest BCUT2D eigenvalue weighted by Crippen LogP contribution is 2.17. The summed E-state index contributed by atoms with van der Waals surface area (Å²) in [6.45, 7) is 0. The molecule has 2 aromatic rings. The minimum atomic E-state index is 0.0154. The van der Waals surface area contributed by atoms with E-state index in [2.05, 4.69) is 0 Å². The van der Waals surface area contributed by atoms with E-state index in [1.54, 1.807) is 36.0 Å². The van der Waals surface area contributed by atoms with E-state index in [9.17, 15) is 4.79 Å². The molecule has 0 saturated carbocycles. The van der Waals surface area contributed by atoms with Gasteiger partial charge in [0.2, 0.25) is 0 Å². The topological polar surface area (TPSA) is 17.1 Å². The molecule has 0 bridgehead atoms. The molecule has 0 atom stereocenters. The Morgan fingerprint density at radius 3 is 2.05 bits per heavy atom. The fraction of sp³-hybridized carbons (Fsp3) is 0.188. The first kappa shape index (κ1) is 15.4. The van der Waals surface area contributed by atoms with Crippen LogP contribution in [-0.4, -0.2) is 17.4 Å². The molecule has 0 amide bonds. The zero-order valence-electron chi connectivity index (χ0n) is 10.8. The van der Waals surface area contributed by atoms with Crippen LogP contribution in [0.2, 0.25) is 5.02 Å². The molecule has 1 nitrogen and oxygen atoms in total. The van der Waals surface area contributed by atoms with Gasteiger partial charge in [-0.3, -0.25) is 4.79 Å². The Labute approximate surface area is 133 Å². The SMILES string of the molecule is O=C(c1ccc(Cl)cc1)c1ccc(CSCCCl)cc1. The smallest absolute Gasteiger partial charge is 0.193 e. The number of hydrogen-bond donors (Lipinski definition) is 0. The fourth-order valence-electron chi connectivity index (χ4n) is 1.76. The molecule has 0 aliphatic rings. The average molecular weight is 325 g/mol. The molecular weight excluding hydrogens is 311 g/mol. The summed E-state index contributed by atoms with van der Waals surface area (Å²) >= 11 is 13.2. The standard InChI is InChI=1S/C16H14Cl2OS/c17-9-10-20-11-12-1-3-13(4-2-12)16(19)14-5-7-15(18)8-6-14/h1-8H,9-11H2. The minimum Gasteiger partial charge on any atom is -0.289 e. The van der Waals surface area contributed by atoms with E-state index >= 15 is 0 Å². The van der Waals surface area contributed by atoms with Gasteiger partial charge in [0.25, 0.3) is 0 Å². The molecule has 0 fully saturated rings. The van der Waals surface area contributed by atoms with Crippen molar-refractivity contribution in [2.75, 3.05) is 11.6 Å². The number of ketones is 1. The monoisotopic (exact) mass is 324 g/mol. The first-order valence-corrected chi connectivity index (χ1v) is 8.30. The Morgan fingerprint density at radius 1 is 0.950 bits per heavy atom. The average Bonchev–Trinajstić information content (AvgIpc) is 2.48. The maximum Gasteiger partial charge on any atom is 0.193 e. The van der Waals surface area contributed by atoms with Crippen molar-refractivity contribution in [3.63, 3.8) is 0 Å². The predicted molar refractivity (Wildman–Crippen MR) is 88.2 cm³/mol. The summed E-state index contributed by atoms with van der Waals surface area (Å²) in [6, 6.07) is 14.7. The van der Waals surface area contributed by atoms with Crippen molar-refractivity contribution in [1.29, 1.82) is 0 Å². The van der Waals surface area contributed by atoms with Crippen LogP contribution in [0.15, 0.2) is 48.5 Å². The molecule has 0 saturated heterocycles. The predicted octanol–water partition coefficient (Wildman–Crippen LogP) is 5.04. The second-order valence-electron chi connectivity index (χ2n) is 4.27. The molecule has 0 N–H and O–H groups in total. The third-order valence-corrected chi connectivity index (χ3v) is 4.51. The Balaban J connectivity index is 2.05. The van der Waals surface area contributed by atoms with Gasteiger partial charge in [0.1, 0.15) is 0 Å². The minimum absolute atomic E-state index is 0.0154. The van der Waals surface area contributed by atoms with Gasteiger partial charge in [-0.2, -0.15) is 11.8 Å². The van der Waals surface area contributed by atoms with E-state index in [0.717, 1.165) is 11.5 Å². The molecule has 104 valence electrons. The molecule has 4 heteroatoms. The molecule has 20 heavy (non-hydrogen) atoms. The second kappa shape index (κ2) is 7.72. The van der Waals surface area contributed by atoms with E-state index in [4.69, 9.17) is 23.2 Å². The maximum absolute atomic E-state index is 12.3. The number of thioether (sulfide) groups is 1. The van der Waals surface area contributed by atoms with Crippen LogP contribution in [0.5, 0.6) is 0 Å². The Kier molecular flexibility index (Phi) is 5.96. The highest BCUT2D eigenvalue weighted by Gasteiger charge is 2.08. The van der Waals surface area contributed by atoms with Crippen molar-refractivity contribution in [3.8, 4) is 0 Å². The van der Waals surface area contributed by atoms with E-state index < -0.39 is 0 Å². The molecule has 0 spiro atoms. The molecule has 0 aromatic heterocycles. The number of hydrogen-bond acceptors (Lipinski definition) is 2. The number of rotatable bonds is 6. The van der Waals surface area contributed by atoms with Crippen LogP contribution in [0.1, 0.15) is 21.5 Å². The van der Waals surface area contributed by atoms with Crippen LogP contribution in [0.4, 0.5) is 0 Å². The second-order valence-corrected chi connectivity index (χ2v) is 6.19. The van der Waals surface area contributed by atoms with Gasteiger partial charge in [-0.15, -0.1) is 11.6 Å². The zero-order chi connectivity index (χ0) is 14.4. The summed E-state index contributed by atoms with van der Waals surface area (Å²) in [5.74, 6) is 2.54. The quantitative estimate of drug-likeness (QED) is 0.420. The van der Waals surface area contributed by atoms with Crippen LogP contribution < -0.4 is 0 Å². The van der Waals surface area contributed by atoms with Gasteiger partial charge in [-0.1, -0.05) is 35.9 Å². The lowest BCUT2D eigenvalue weighted by Gasteiger charge is -2.04. The summed E-state index contributed by atoms with van der Waals surface area (Å²) in [7, 11) is 0. The van der Waals surface area contributed by atoms with E-state index in [1.165, 1.54) is 5.56 Å². The molecule has 2 rings (SSSR count). The Hall–Kier alpha value is -0.960. The number of benzene rings is 2. The lowest BCUT2D eigenvalue weighted by Crippen LogP contribution is -2.01. The van der Waals surface area contributed by atoms with Crippen molar-refractivity contribution < 1.29 is 4.79 Å². The molecule has 0 radical (unpaired) electrons. The van der Waals surface area contributed by atoms with Gasteiger partial charge in [-0.25, -0.2) is 0 Å². The summed E-state index contributed by atoms with van der Waals surface area (Å²) in [5.41, 5.74) is 2.55. The third kappa shape index (κ3) is 4.27. The molecule has 0 aliphatic carbocycles. The number of halogens is 2.